The number of anilines is 3. The summed E-state index contributed by atoms with van der Waals surface area (Å²) < 4.78 is 13.6. The summed E-state index contributed by atoms with van der Waals surface area (Å²) in [5, 5.41) is 2.57. The molecule has 0 radical (unpaired) electrons. The van der Waals surface area contributed by atoms with E-state index in [1.54, 1.807) is 6.92 Å². The van der Waals surface area contributed by atoms with Crippen LogP contribution in [-0.4, -0.2) is 19.0 Å². The van der Waals surface area contributed by atoms with Crippen molar-refractivity contribution in [3.05, 3.63) is 54.3 Å². The van der Waals surface area contributed by atoms with Crippen molar-refractivity contribution in [1.29, 1.82) is 0 Å². The molecule has 0 saturated heterocycles. The van der Waals surface area contributed by atoms with Crippen LogP contribution in [0.15, 0.2) is 48.5 Å². The van der Waals surface area contributed by atoms with Crippen molar-refractivity contribution >= 4 is 23.0 Å². The first-order valence-electron chi connectivity index (χ1n) is 6.63. The lowest BCUT2D eigenvalue weighted by atomic mass is 10.2. The summed E-state index contributed by atoms with van der Waals surface area (Å²) in [4.78, 5) is 14.0. The largest absolute Gasteiger partial charge is 0.399 e. The van der Waals surface area contributed by atoms with Gasteiger partial charge in [-0.25, -0.2) is 4.39 Å². The number of nitrogens with two attached hydrogens (primary N) is 1. The third-order valence-corrected chi connectivity index (χ3v) is 3.37. The molecule has 0 bridgehead atoms. The van der Waals surface area contributed by atoms with E-state index in [4.69, 9.17) is 5.73 Å². The molecule has 0 spiro atoms. The number of carbonyl (C=O) groups excluding carboxylic acids is 1. The van der Waals surface area contributed by atoms with Crippen LogP contribution in [0.2, 0.25) is 0 Å². The molecule has 21 heavy (non-hydrogen) atoms. The zero-order valence-corrected chi connectivity index (χ0v) is 12.0. The quantitative estimate of drug-likeness (QED) is 0.850. The lowest BCUT2D eigenvalue weighted by Crippen LogP contribution is -2.39. The Kier molecular flexibility index (Phi) is 4.42. The fourth-order valence-corrected chi connectivity index (χ4v) is 1.94. The highest BCUT2D eigenvalue weighted by atomic mass is 19.1. The maximum absolute atomic E-state index is 13.6. The Morgan fingerprint density at radius 1 is 1.24 bits per heavy atom. The number of nitrogen functional groups attached to an aromatic ring is 1. The first-order valence-corrected chi connectivity index (χ1v) is 6.63. The fraction of sp³-hybridized carbons (Fsp3) is 0.188. The molecule has 0 saturated carbocycles. The van der Waals surface area contributed by atoms with Crippen molar-refractivity contribution in [3.8, 4) is 0 Å². The zero-order valence-electron chi connectivity index (χ0n) is 12.0. The molecule has 3 N–H and O–H groups in total. The summed E-state index contributed by atoms with van der Waals surface area (Å²) in [6.45, 7) is 1.76. The molecule has 2 aromatic rings. The van der Waals surface area contributed by atoms with Gasteiger partial charge in [-0.05, 0) is 37.3 Å². The van der Waals surface area contributed by atoms with E-state index in [1.807, 2.05) is 42.3 Å². The standard InChI is InChI=1S/C16H18FN3O/c1-11(20(2)13-6-4-3-5-7-13)16(21)19-15-10-12(18)8-9-14(15)17/h3-11H,18H2,1-2H3,(H,19,21). The summed E-state index contributed by atoms with van der Waals surface area (Å²) in [5.74, 6) is -0.807. The topological polar surface area (TPSA) is 58.4 Å². The SMILES string of the molecule is CC(C(=O)Nc1cc(N)ccc1F)N(C)c1ccccc1. The number of likely N-dealkylation sites (N-methyl/N-ethyl adjacent to an activating group) is 1. The molecular weight excluding hydrogens is 269 g/mol. The third kappa shape index (κ3) is 3.51. The molecule has 5 heteroatoms. The highest BCUT2D eigenvalue weighted by molar-refractivity contribution is 5.97. The maximum atomic E-state index is 13.6. The van der Waals surface area contributed by atoms with Gasteiger partial charge in [0.15, 0.2) is 0 Å². The molecule has 110 valence electrons. The van der Waals surface area contributed by atoms with Crippen molar-refractivity contribution in [2.75, 3.05) is 23.0 Å². The summed E-state index contributed by atoms with van der Waals surface area (Å²) >= 11 is 0. The number of nitrogens with one attached hydrogen (secondary N) is 1. The second-order valence-electron chi connectivity index (χ2n) is 4.85. The first kappa shape index (κ1) is 14.8. The monoisotopic (exact) mass is 287 g/mol. The highest BCUT2D eigenvalue weighted by Gasteiger charge is 2.19. The van der Waals surface area contributed by atoms with E-state index in [1.165, 1.54) is 18.2 Å². The van der Waals surface area contributed by atoms with Gasteiger partial charge in [0, 0.05) is 18.4 Å². The van der Waals surface area contributed by atoms with Gasteiger partial charge in [0.2, 0.25) is 5.91 Å². The van der Waals surface area contributed by atoms with Crippen LogP contribution in [0.3, 0.4) is 0 Å². The molecule has 0 aromatic heterocycles. The van der Waals surface area contributed by atoms with Crippen LogP contribution in [0.25, 0.3) is 0 Å². The Morgan fingerprint density at radius 2 is 1.90 bits per heavy atom. The van der Waals surface area contributed by atoms with E-state index in [0.29, 0.717) is 5.69 Å². The van der Waals surface area contributed by atoms with Crippen LogP contribution in [0.4, 0.5) is 21.5 Å². The highest BCUT2D eigenvalue weighted by Crippen LogP contribution is 2.19. The minimum Gasteiger partial charge on any atom is -0.399 e. The van der Waals surface area contributed by atoms with Crippen molar-refractivity contribution in [3.63, 3.8) is 0 Å². The Balaban J connectivity index is 2.11. The zero-order chi connectivity index (χ0) is 15.4. The summed E-state index contributed by atoms with van der Waals surface area (Å²) in [5.41, 5.74) is 7.00. The van der Waals surface area contributed by atoms with Crippen LogP contribution < -0.4 is 16.0 Å². The van der Waals surface area contributed by atoms with Gasteiger partial charge in [0.05, 0.1) is 5.69 Å². The first-order chi connectivity index (χ1) is 9.99. The molecular formula is C16H18FN3O. The van der Waals surface area contributed by atoms with Crippen molar-refractivity contribution < 1.29 is 9.18 Å². The number of halogens is 1. The number of nitrogens with zero attached hydrogens (tertiary/aromatic N) is 1. The minimum absolute atomic E-state index is 0.0910. The van der Waals surface area contributed by atoms with E-state index < -0.39 is 11.9 Å². The maximum Gasteiger partial charge on any atom is 0.246 e. The van der Waals surface area contributed by atoms with Crippen molar-refractivity contribution in [2.24, 2.45) is 0 Å². The molecule has 0 aliphatic carbocycles. The van der Waals surface area contributed by atoms with Gasteiger partial charge in [0.25, 0.3) is 0 Å². The third-order valence-electron chi connectivity index (χ3n) is 3.37. The molecule has 0 aliphatic rings. The molecule has 0 aliphatic heterocycles. The molecule has 0 heterocycles. The van der Waals surface area contributed by atoms with Gasteiger partial charge < -0.3 is 16.0 Å². The summed E-state index contributed by atoms with van der Waals surface area (Å²) in [7, 11) is 1.81. The summed E-state index contributed by atoms with van der Waals surface area (Å²) in [6, 6.07) is 13.2. The molecule has 1 unspecified atom stereocenters. The van der Waals surface area contributed by atoms with Crippen LogP contribution in [0.5, 0.6) is 0 Å². The van der Waals surface area contributed by atoms with E-state index in [-0.39, 0.29) is 11.6 Å². The fourth-order valence-electron chi connectivity index (χ4n) is 1.94. The number of amides is 1. The Labute approximate surface area is 123 Å². The van der Waals surface area contributed by atoms with Gasteiger partial charge in [-0.3, -0.25) is 4.79 Å². The van der Waals surface area contributed by atoms with Gasteiger partial charge in [0.1, 0.15) is 11.9 Å². The minimum atomic E-state index is -0.507. The smallest absolute Gasteiger partial charge is 0.246 e. The number of hydrogen-bond acceptors (Lipinski definition) is 3. The lowest BCUT2D eigenvalue weighted by Gasteiger charge is -2.26. The second-order valence-corrected chi connectivity index (χ2v) is 4.85. The number of para-hydroxylation sites is 1. The molecule has 4 nitrogen and oxygen atoms in total. The van der Waals surface area contributed by atoms with Crippen molar-refractivity contribution in [2.45, 2.75) is 13.0 Å². The summed E-state index contributed by atoms with van der Waals surface area (Å²) in [6.07, 6.45) is 0. The number of carbonyl (C=O) groups is 1. The van der Waals surface area contributed by atoms with E-state index >= 15 is 0 Å². The average molecular weight is 287 g/mol. The van der Waals surface area contributed by atoms with Crippen LogP contribution in [0.1, 0.15) is 6.92 Å². The number of hydrogen-bond donors (Lipinski definition) is 2. The number of rotatable bonds is 4. The van der Waals surface area contributed by atoms with Crippen molar-refractivity contribution in [1.82, 2.24) is 0 Å². The Bertz CT molecular complexity index is 631. The Morgan fingerprint density at radius 3 is 2.57 bits per heavy atom. The van der Waals surface area contributed by atoms with Gasteiger partial charge in [-0.15, -0.1) is 0 Å². The van der Waals surface area contributed by atoms with Crippen LogP contribution in [0, 0.1) is 5.82 Å². The van der Waals surface area contributed by atoms with E-state index in [9.17, 15) is 9.18 Å². The van der Waals surface area contributed by atoms with Gasteiger partial charge >= 0.3 is 0 Å². The molecule has 1 amide bonds. The van der Waals surface area contributed by atoms with Crippen LogP contribution in [-0.2, 0) is 4.79 Å². The normalized spacial score (nSPS) is 11.8. The predicted octanol–water partition coefficient (Wildman–Crippen LogP) is 2.87. The molecule has 2 aromatic carbocycles. The second kappa shape index (κ2) is 6.26. The van der Waals surface area contributed by atoms with Gasteiger partial charge in [-0.1, -0.05) is 18.2 Å². The van der Waals surface area contributed by atoms with E-state index in [2.05, 4.69) is 5.32 Å². The van der Waals surface area contributed by atoms with E-state index in [0.717, 1.165) is 5.69 Å². The van der Waals surface area contributed by atoms with Crippen LogP contribution >= 0.6 is 0 Å². The number of benzene rings is 2. The molecule has 2 rings (SSSR count). The lowest BCUT2D eigenvalue weighted by molar-refractivity contribution is -0.117. The Hall–Kier alpha value is -2.56. The molecule has 0 fully saturated rings. The average Bonchev–Trinajstić information content (AvgIpc) is 2.50. The molecule has 1 atom stereocenters. The van der Waals surface area contributed by atoms with Gasteiger partial charge in [-0.2, -0.15) is 0 Å². The predicted molar refractivity (Wildman–Crippen MR) is 83.7 cm³/mol.